The van der Waals surface area contributed by atoms with E-state index in [1.807, 2.05) is 24.3 Å². The molecule has 1 N–H and O–H groups in total. The minimum Gasteiger partial charge on any atom is -0.481 e. The summed E-state index contributed by atoms with van der Waals surface area (Å²) in [7, 11) is 1.63. The number of halogens is 1. The van der Waals surface area contributed by atoms with Crippen LogP contribution in [0.1, 0.15) is 24.8 Å². The van der Waals surface area contributed by atoms with Crippen molar-refractivity contribution in [2.75, 3.05) is 26.8 Å². The van der Waals surface area contributed by atoms with Gasteiger partial charge in [0.2, 0.25) is 5.91 Å². The zero-order valence-electron chi connectivity index (χ0n) is 13.9. The van der Waals surface area contributed by atoms with Gasteiger partial charge in [-0.05, 0) is 43.4 Å². The number of ether oxygens (including phenoxy) is 1. The van der Waals surface area contributed by atoms with Gasteiger partial charge in [-0.1, -0.05) is 28.1 Å². The largest absolute Gasteiger partial charge is 0.481 e. The number of hydrogen-bond donors (Lipinski definition) is 1. The summed E-state index contributed by atoms with van der Waals surface area (Å²) in [4.78, 5) is 25.9. The Bertz CT molecular complexity index is 578. The molecule has 1 amide bonds. The summed E-state index contributed by atoms with van der Waals surface area (Å²) < 4.78 is 6.14. The van der Waals surface area contributed by atoms with E-state index in [4.69, 9.17) is 4.74 Å². The lowest BCUT2D eigenvalue weighted by Gasteiger charge is -2.33. The predicted octanol–water partition coefficient (Wildman–Crippen LogP) is 2.97. The molecule has 24 heavy (non-hydrogen) atoms. The van der Waals surface area contributed by atoms with Crippen molar-refractivity contribution < 1.29 is 19.4 Å². The van der Waals surface area contributed by atoms with Gasteiger partial charge >= 0.3 is 5.97 Å². The fourth-order valence-electron chi connectivity index (χ4n) is 3.16. The second-order valence-electron chi connectivity index (χ2n) is 6.27. The Morgan fingerprint density at radius 1 is 1.46 bits per heavy atom. The summed E-state index contributed by atoms with van der Waals surface area (Å²) >= 11 is 3.46. The highest BCUT2D eigenvalue weighted by atomic mass is 79.9. The highest BCUT2D eigenvalue weighted by molar-refractivity contribution is 9.10. The summed E-state index contributed by atoms with van der Waals surface area (Å²) in [5.74, 6) is -1.41. The van der Waals surface area contributed by atoms with Crippen LogP contribution in [0.2, 0.25) is 0 Å². The lowest BCUT2D eigenvalue weighted by molar-refractivity contribution is -0.147. The number of carboxylic acid groups (broad SMARTS) is 1. The molecule has 0 spiro atoms. The number of amides is 1. The first-order chi connectivity index (χ1) is 11.5. The van der Waals surface area contributed by atoms with Gasteiger partial charge in [0.1, 0.15) is 0 Å². The van der Waals surface area contributed by atoms with E-state index < -0.39 is 11.9 Å². The van der Waals surface area contributed by atoms with Gasteiger partial charge in [-0.2, -0.15) is 0 Å². The van der Waals surface area contributed by atoms with Crippen LogP contribution in [0.3, 0.4) is 0 Å². The lowest BCUT2D eigenvalue weighted by Crippen LogP contribution is -2.45. The molecule has 1 saturated heterocycles. The van der Waals surface area contributed by atoms with Gasteiger partial charge in [0.05, 0.1) is 5.92 Å². The molecule has 6 heteroatoms. The van der Waals surface area contributed by atoms with Crippen LogP contribution in [0.4, 0.5) is 0 Å². The summed E-state index contributed by atoms with van der Waals surface area (Å²) in [5, 5.41) is 9.22. The highest BCUT2D eigenvalue weighted by Gasteiger charge is 2.31. The molecule has 1 aliphatic rings. The Kier molecular flexibility index (Phi) is 7.24. The molecular weight excluding hydrogens is 374 g/mol. The van der Waals surface area contributed by atoms with E-state index >= 15 is 0 Å². The standard InChI is InChI=1S/C18H24BrNO4/c1-24-9-7-14(10-13-4-2-6-16(19)11-13)17(21)20-8-3-5-15(12-20)18(22)23/h2,4,6,11,14-15H,3,5,7-10,12H2,1H3,(H,22,23). The lowest BCUT2D eigenvalue weighted by atomic mass is 9.92. The molecule has 0 bridgehead atoms. The molecular formula is C18H24BrNO4. The number of likely N-dealkylation sites (tertiary alicyclic amines) is 1. The number of carbonyl (C=O) groups excluding carboxylic acids is 1. The van der Waals surface area contributed by atoms with Crippen LogP contribution in [0.5, 0.6) is 0 Å². The molecule has 1 aromatic rings. The van der Waals surface area contributed by atoms with Gasteiger partial charge in [0.15, 0.2) is 0 Å². The minimum absolute atomic E-state index is 0.0398. The third-order valence-electron chi connectivity index (χ3n) is 4.47. The van der Waals surface area contributed by atoms with E-state index in [0.717, 1.165) is 16.5 Å². The first kappa shape index (κ1) is 18.9. The molecule has 0 saturated carbocycles. The predicted molar refractivity (Wildman–Crippen MR) is 94.8 cm³/mol. The normalized spacial score (nSPS) is 19.1. The number of hydrogen-bond acceptors (Lipinski definition) is 3. The van der Waals surface area contributed by atoms with Crippen molar-refractivity contribution in [3.8, 4) is 0 Å². The SMILES string of the molecule is COCCC(Cc1cccc(Br)c1)C(=O)N1CCCC(C(=O)O)C1. The zero-order chi connectivity index (χ0) is 17.5. The number of piperidine rings is 1. The molecule has 2 rings (SSSR count). The maximum absolute atomic E-state index is 12.9. The maximum atomic E-state index is 12.9. The molecule has 1 heterocycles. The average Bonchev–Trinajstić information content (AvgIpc) is 2.58. The maximum Gasteiger partial charge on any atom is 0.308 e. The summed E-state index contributed by atoms with van der Waals surface area (Å²) in [6.07, 6.45) is 2.66. The molecule has 1 aromatic carbocycles. The van der Waals surface area contributed by atoms with Gasteiger partial charge in [-0.3, -0.25) is 9.59 Å². The first-order valence-corrected chi connectivity index (χ1v) is 9.05. The summed E-state index contributed by atoms with van der Waals surface area (Å²) in [6, 6.07) is 7.94. The number of carboxylic acids is 1. The Hall–Kier alpha value is -1.40. The number of rotatable bonds is 7. The molecule has 0 aliphatic carbocycles. The van der Waals surface area contributed by atoms with Crippen LogP contribution in [0.25, 0.3) is 0 Å². The Labute approximate surface area is 151 Å². The third-order valence-corrected chi connectivity index (χ3v) is 4.97. The van der Waals surface area contributed by atoms with Crippen LogP contribution >= 0.6 is 15.9 Å². The smallest absolute Gasteiger partial charge is 0.308 e. The van der Waals surface area contributed by atoms with Gasteiger partial charge in [0, 0.05) is 37.2 Å². The molecule has 132 valence electrons. The second kappa shape index (κ2) is 9.18. The summed E-state index contributed by atoms with van der Waals surface area (Å²) in [5.41, 5.74) is 1.09. The summed E-state index contributed by atoms with van der Waals surface area (Å²) in [6.45, 7) is 1.47. The van der Waals surface area contributed by atoms with Crippen molar-refractivity contribution in [3.05, 3.63) is 34.3 Å². The Balaban J connectivity index is 2.08. The van der Waals surface area contributed by atoms with Gasteiger partial charge < -0.3 is 14.7 Å². The van der Waals surface area contributed by atoms with E-state index in [1.54, 1.807) is 12.0 Å². The highest BCUT2D eigenvalue weighted by Crippen LogP contribution is 2.23. The fourth-order valence-corrected chi connectivity index (χ4v) is 3.61. The minimum atomic E-state index is -0.812. The number of benzene rings is 1. The van der Waals surface area contributed by atoms with Crippen molar-refractivity contribution in [3.63, 3.8) is 0 Å². The van der Waals surface area contributed by atoms with Crippen LogP contribution < -0.4 is 0 Å². The quantitative estimate of drug-likeness (QED) is 0.767. The molecule has 5 nitrogen and oxygen atoms in total. The van der Waals surface area contributed by atoms with Crippen LogP contribution in [0.15, 0.2) is 28.7 Å². The molecule has 0 aromatic heterocycles. The monoisotopic (exact) mass is 397 g/mol. The van der Waals surface area contributed by atoms with Crippen molar-refractivity contribution in [1.29, 1.82) is 0 Å². The van der Waals surface area contributed by atoms with Crippen molar-refractivity contribution in [2.24, 2.45) is 11.8 Å². The number of carbonyl (C=O) groups is 2. The van der Waals surface area contributed by atoms with Crippen molar-refractivity contribution in [1.82, 2.24) is 4.90 Å². The Morgan fingerprint density at radius 3 is 2.92 bits per heavy atom. The molecule has 2 unspecified atom stereocenters. The zero-order valence-corrected chi connectivity index (χ0v) is 15.5. The van der Waals surface area contributed by atoms with Crippen LogP contribution in [-0.4, -0.2) is 48.7 Å². The fraction of sp³-hybridized carbons (Fsp3) is 0.556. The van der Waals surface area contributed by atoms with Gasteiger partial charge in [-0.15, -0.1) is 0 Å². The molecule has 0 radical (unpaired) electrons. The average molecular weight is 398 g/mol. The molecule has 1 fully saturated rings. The van der Waals surface area contributed by atoms with Crippen molar-refractivity contribution in [2.45, 2.75) is 25.7 Å². The van der Waals surface area contributed by atoms with E-state index in [9.17, 15) is 14.7 Å². The molecule has 1 aliphatic heterocycles. The number of aliphatic carboxylic acids is 1. The van der Waals surface area contributed by atoms with E-state index in [-0.39, 0.29) is 11.8 Å². The topological polar surface area (TPSA) is 66.8 Å². The number of nitrogens with zero attached hydrogens (tertiary/aromatic N) is 1. The molecule has 2 atom stereocenters. The third kappa shape index (κ3) is 5.31. The van der Waals surface area contributed by atoms with Crippen molar-refractivity contribution >= 4 is 27.8 Å². The number of methoxy groups -OCH3 is 1. The van der Waals surface area contributed by atoms with Gasteiger partial charge in [0.25, 0.3) is 0 Å². The van der Waals surface area contributed by atoms with Gasteiger partial charge in [-0.25, -0.2) is 0 Å². The van der Waals surface area contributed by atoms with E-state index in [1.165, 1.54) is 0 Å². The first-order valence-electron chi connectivity index (χ1n) is 8.26. The van der Waals surface area contributed by atoms with Crippen LogP contribution in [0, 0.1) is 11.8 Å². The second-order valence-corrected chi connectivity index (χ2v) is 7.19. The van der Waals surface area contributed by atoms with E-state index in [2.05, 4.69) is 15.9 Å². The van der Waals surface area contributed by atoms with E-state index in [0.29, 0.717) is 39.0 Å². The van der Waals surface area contributed by atoms with Crippen LogP contribution in [-0.2, 0) is 20.7 Å². The Morgan fingerprint density at radius 2 is 2.25 bits per heavy atom.